The van der Waals surface area contributed by atoms with E-state index < -0.39 is 0 Å². The smallest absolute Gasteiger partial charge is 0.169 e. The van der Waals surface area contributed by atoms with Crippen molar-refractivity contribution in [3.8, 4) is 0 Å². The number of hydrogen-bond acceptors (Lipinski definition) is 1. The van der Waals surface area contributed by atoms with Crippen LogP contribution in [0.1, 0.15) is 32.1 Å². The normalized spacial score (nSPS) is 19.8. The first-order chi connectivity index (χ1) is 5.22. The van der Waals surface area contributed by atoms with E-state index in [9.17, 15) is 0 Å². The first-order valence-electron chi connectivity index (χ1n) is 4.14. The van der Waals surface area contributed by atoms with Crippen LogP contribution in [0.4, 0.5) is 0 Å². The van der Waals surface area contributed by atoms with Crippen LogP contribution in [0.2, 0.25) is 0 Å². The van der Waals surface area contributed by atoms with Crippen LogP contribution in [-0.2, 0) is 0 Å². The van der Waals surface area contributed by atoms with Crippen LogP contribution in [0.5, 0.6) is 0 Å². The molecule has 1 aliphatic rings. The van der Waals surface area contributed by atoms with Crippen LogP contribution in [-0.4, -0.2) is 22.4 Å². The summed E-state index contributed by atoms with van der Waals surface area (Å²) in [5.74, 6) is 0. The molecule has 0 heterocycles. The monoisotopic (exact) mass is 191 g/mol. The molecule has 1 saturated carbocycles. The highest BCUT2D eigenvalue weighted by Gasteiger charge is 2.18. The van der Waals surface area contributed by atoms with Crippen molar-refractivity contribution in [1.82, 2.24) is 4.90 Å². The number of halogens is 1. The Morgan fingerprint density at radius 2 is 1.91 bits per heavy atom. The minimum absolute atomic E-state index is 0.511. The van der Waals surface area contributed by atoms with Crippen molar-refractivity contribution in [1.29, 1.82) is 0 Å². The molecule has 0 amide bonds. The summed E-state index contributed by atoms with van der Waals surface area (Å²) >= 11 is 10.6. The molecule has 1 aliphatic carbocycles. The second-order valence-electron chi connectivity index (χ2n) is 3.16. The van der Waals surface area contributed by atoms with E-state index in [-0.39, 0.29) is 0 Å². The van der Waals surface area contributed by atoms with E-state index in [1.54, 1.807) is 0 Å². The van der Waals surface area contributed by atoms with Crippen molar-refractivity contribution in [3.05, 3.63) is 0 Å². The van der Waals surface area contributed by atoms with Crippen molar-refractivity contribution in [2.75, 3.05) is 7.05 Å². The van der Waals surface area contributed by atoms with E-state index >= 15 is 0 Å². The highest BCUT2D eigenvalue weighted by molar-refractivity contribution is 7.83. The Labute approximate surface area is 78.7 Å². The molecule has 1 fully saturated rings. The van der Waals surface area contributed by atoms with Gasteiger partial charge in [0, 0.05) is 13.1 Å². The van der Waals surface area contributed by atoms with Gasteiger partial charge in [0.05, 0.1) is 0 Å². The van der Waals surface area contributed by atoms with Crippen LogP contribution in [0.15, 0.2) is 0 Å². The lowest BCUT2D eigenvalue weighted by Crippen LogP contribution is -2.34. The minimum atomic E-state index is 0.511. The zero-order valence-electron chi connectivity index (χ0n) is 6.85. The van der Waals surface area contributed by atoms with Gasteiger partial charge in [0.15, 0.2) is 4.45 Å². The molecule has 0 radical (unpaired) electrons. The summed E-state index contributed by atoms with van der Waals surface area (Å²) in [5, 5.41) is 0. The highest BCUT2D eigenvalue weighted by Crippen LogP contribution is 2.22. The maximum atomic E-state index is 5.72. The van der Waals surface area contributed by atoms with Crippen molar-refractivity contribution < 1.29 is 0 Å². The fourth-order valence-corrected chi connectivity index (χ4v) is 1.90. The van der Waals surface area contributed by atoms with Crippen LogP contribution >= 0.6 is 23.8 Å². The number of hydrogen-bond donors (Lipinski definition) is 0. The Kier molecular flexibility index (Phi) is 3.60. The largest absolute Gasteiger partial charge is 0.353 e. The van der Waals surface area contributed by atoms with Crippen LogP contribution in [0.3, 0.4) is 0 Å². The third-order valence-electron chi connectivity index (χ3n) is 2.40. The molecule has 11 heavy (non-hydrogen) atoms. The molecule has 64 valence electrons. The molecule has 0 aromatic heterocycles. The zero-order valence-corrected chi connectivity index (χ0v) is 8.42. The topological polar surface area (TPSA) is 3.24 Å². The quantitative estimate of drug-likeness (QED) is 0.356. The predicted octanol–water partition coefficient (Wildman–Crippen LogP) is 2.77. The van der Waals surface area contributed by atoms with Crippen LogP contribution < -0.4 is 0 Å². The molecule has 0 atom stereocenters. The van der Waals surface area contributed by atoms with E-state index in [1.807, 2.05) is 11.9 Å². The van der Waals surface area contributed by atoms with E-state index in [4.69, 9.17) is 23.8 Å². The Balaban J connectivity index is 2.38. The molecular formula is C8H14ClNS. The Morgan fingerprint density at radius 1 is 1.36 bits per heavy atom. The van der Waals surface area contributed by atoms with Gasteiger partial charge in [-0.1, -0.05) is 30.9 Å². The third-order valence-corrected chi connectivity index (χ3v) is 2.95. The lowest BCUT2D eigenvalue weighted by molar-refractivity contribution is 0.285. The SMILES string of the molecule is CN(C(=S)Cl)C1CCCCC1. The van der Waals surface area contributed by atoms with Crippen LogP contribution in [0.25, 0.3) is 0 Å². The number of rotatable bonds is 1. The Morgan fingerprint density at radius 3 is 2.36 bits per heavy atom. The van der Waals surface area contributed by atoms with Gasteiger partial charge in [0.25, 0.3) is 0 Å². The first kappa shape index (κ1) is 9.27. The number of thiocarbonyl (C=S) groups is 1. The summed E-state index contributed by atoms with van der Waals surface area (Å²) in [5.41, 5.74) is 0. The van der Waals surface area contributed by atoms with Crippen molar-refractivity contribution in [2.24, 2.45) is 0 Å². The standard InChI is InChI=1S/C8H14ClNS/c1-10(8(9)11)7-5-3-2-4-6-7/h7H,2-6H2,1H3. The minimum Gasteiger partial charge on any atom is -0.353 e. The molecule has 0 aromatic carbocycles. The van der Waals surface area contributed by atoms with Gasteiger partial charge in [-0.3, -0.25) is 0 Å². The van der Waals surface area contributed by atoms with Gasteiger partial charge >= 0.3 is 0 Å². The van der Waals surface area contributed by atoms with Crippen LogP contribution in [0, 0.1) is 0 Å². The molecule has 1 rings (SSSR count). The van der Waals surface area contributed by atoms with Gasteiger partial charge in [-0.25, -0.2) is 0 Å². The summed E-state index contributed by atoms with van der Waals surface area (Å²) in [6.07, 6.45) is 6.54. The molecule has 0 N–H and O–H groups in total. The molecular weight excluding hydrogens is 178 g/mol. The molecule has 0 aromatic rings. The summed E-state index contributed by atoms with van der Waals surface area (Å²) in [6, 6.07) is 0.605. The summed E-state index contributed by atoms with van der Waals surface area (Å²) in [6.45, 7) is 0. The van der Waals surface area contributed by atoms with Gasteiger partial charge in [0.2, 0.25) is 0 Å². The van der Waals surface area contributed by atoms with E-state index in [2.05, 4.69) is 0 Å². The lowest BCUT2D eigenvalue weighted by Gasteiger charge is -2.30. The van der Waals surface area contributed by atoms with Gasteiger partial charge in [0.1, 0.15) is 0 Å². The molecule has 0 bridgehead atoms. The van der Waals surface area contributed by atoms with Gasteiger partial charge in [-0.15, -0.1) is 0 Å². The van der Waals surface area contributed by atoms with Gasteiger partial charge < -0.3 is 4.90 Å². The summed E-state index contributed by atoms with van der Waals surface area (Å²) < 4.78 is 0.511. The molecule has 3 heteroatoms. The molecule has 0 saturated heterocycles. The Bertz CT molecular complexity index is 143. The maximum Gasteiger partial charge on any atom is 0.169 e. The Hall–Kier alpha value is 0.180. The van der Waals surface area contributed by atoms with Crippen molar-refractivity contribution in [2.45, 2.75) is 38.1 Å². The van der Waals surface area contributed by atoms with E-state index in [0.717, 1.165) is 0 Å². The van der Waals surface area contributed by atoms with Crippen molar-refractivity contribution in [3.63, 3.8) is 0 Å². The lowest BCUT2D eigenvalue weighted by atomic mass is 9.95. The predicted molar refractivity (Wildman–Crippen MR) is 53.1 cm³/mol. The first-order valence-corrected chi connectivity index (χ1v) is 4.92. The molecule has 0 aliphatic heterocycles. The fourth-order valence-electron chi connectivity index (χ4n) is 1.61. The second-order valence-corrected chi connectivity index (χ2v) is 4.12. The second kappa shape index (κ2) is 4.27. The van der Waals surface area contributed by atoms with E-state index in [0.29, 0.717) is 10.5 Å². The zero-order chi connectivity index (χ0) is 8.27. The summed E-state index contributed by atoms with van der Waals surface area (Å²) in [4.78, 5) is 2.02. The average molecular weight is 192 g/mol. The average Bonchev–Trinajstić information content (AvgIpc) is 2.05. The maximum absolute atomic E-state index is 5.72. The van der Waals surface area contributed by atoms with Gasteiger partial charge in [-0.2, -0.15) is 0 Å². The summed E-state index contributed by atoms with van der Waals surface area (Å²) in [7, 11) is 1.99. The number of nitrogens with zero attached hydrogens (tertiary/aromatic N) is 1. The molecule has 1 nitrogen and oxygen atoms in total. The van der Waals surface area contributed by atoms with E-state index in [1.165, 1.54) is 32.1 Å². The molecule has 0 unspecified atom stereocenters. The molecule has 0 spiro atoms. The fraction of sp³-hybridized carbons (Fsp3) is 0.875. The third kappa shape index (κ3) is 2.60. The van der Waals surface area contributed by atoms with Crippen molar-refractivity contribution >= 4 is 28.3 Å². The van der Waals surface area contributed by atoms with Gasteiger partial charge in [-0.05, 0) is 25.1 Å². The highest BCUT2D eigenvalue weighted by atomic mass is 35.5.